The first-order valence-electron chi connectivity index (χ1n) is 6.71. The van der Waals surface area contributed by atoms with Gasteiger partial charge in [0, 0.05) is 12.5 Å². The number of hydrogen-bond donors (Lipinski definition) is 1. The quantitative estimate of drug-likeness (QED) is 0.928. The van der Waals surface area contributed by atoms with E-state index in [9.17, 15) is 28.8 Å². The highest BCUT2D eigenvalue weighted by atomic mass is 19.4. The van der Waals surface area contributed by atoms with Gasteiger partial charge in [-0.25, -0.2) is 0 Å². The number of phenols is 1. The first-order valence-corrected chi connectivity index (χ1v) is 6.71. The largest absolute Gasteiger partial charge is 0.503 e. The topological polar surface area (TPSA) is 77.0 Å². The van der Waals surface area contributed by atoms with E-state index in [1.165, 1.54) is 25.3 Å². The summed E-state index contributed by atoms with van der Waals surface area (Å²) in [6, 6.07) is 9.40. The Kier molecular flexibility index (Phi) is 4.66. The summed E-state index contributed by atoms with van der Waals surface area (Å²) in [7, 11) is 1.28. The van der Waals surface area contributed by atoms with Crippen LogP contribution in [-0.4, -0.2) is 12.2 Å². The second-order valence-corrected chi connectivity index (χ2v) is 4.92. The molecule has 0 unspecified atom stereocenters. The fourth-order valence-corrected chi connectivity index (χ4v) is 2.26. The maximum Gasteiger partial charge on any atom is 0.416 e. The maximum absolute atomic E-state index is 12.6. The lowest BCUT2D eigenvalue weighted by molar-refractivity contribution is -0.137. The smallest absolute Gasteiger partial charge is 0.416 e. The number of nitrogens with zero attached hydrogens (tertiary/aromatic N) is 2. The van der Waals surface area contributed by atoms with Crippen molar-refractivity contribution in [2.45, 2.75) is 12.6 Å². The van der Waals surface area contributed by atoms with Crippen LogP contribution in [0.25, 0.3) is 0 Å². The second-order valence-electron chi connectivity index (χ2n) is 4.92. The molecule has 1 N–H and O–H groups in total. The SMILES string of the molecule is COc1cc(C#N)c(Cc2ccc(C(F)(F)F)cc2)c(C#N)c1O. The molecule has 2 aromatic carbocycles. The van der Waals surface area contributed by atoms with E-state index >= 15 is 0 Å². The molecule has 0 amide bonds. The van der Waals surface area contributed by atoms with Gasteiger partial charge in [0.25, 0.3) is 0 Å². The van der Waals surface area contributed by atoms with Gasteiger partial charge in [-0.15, -0.1) is 0 Å². The zero-order valence-electron chi connectivity index (χ0n) is 12.5. The predicted octanol–water partition coefficient (Wildman–Crippen LogP) is 3.75. The van der Waals surface area contributed by atoms with Crippen LogP contribution in [0, 0.1) is 22.7 Å². The monoisotopic (exact) mass is 332 g/mol. The molecule has 2 aromatic rings. The highest BCUT2D eigenvalue weighted by molar-refractivity contribution is 5.62. The molecule has 0 aliphatic rings. The van der Waals surface area contributed by atoms with E-state index in [1.807, 2.05) is 12.1 Å². The fraction of sp³-hybridized carbons (Fsp3) is 0.176. The molecule has 122 valence electrons. The Hall–Kier alpha value is -3.19. The lowest BCUT2D eigenvalue weighted by Gasteiger charge is -2.12. The van der Waals surface area contributed by atoms with E-state index in [0.29, 0.717) is 5.56 Å². The molecule has 0 saturated carbocycles. The zero-order chi connectivity index (χ0) is 17.9. The number of ether oxygens (including phenoxy) is 1. The van der Waals surface area contributed by atoms with Gasteiger partial charge < -0.3 is 9.84 Å². The van der Waals surface area contributed by atoms with Crippen molar-refractivity contribution >= 4 is 0 Å². The van der Waals surface area contributed by atoms with Crippen LogP contribution in [0.4, 0.5) is 13.2 Å². The number of methoxy groups -OCH3 is 1. The van der Waals surface area contributed by atoms with E-state index in [4.69, 9.17) is 4.74 Å². The van der Waals surface area contributed by atoms with E-state index in [0.717, 1.165) is 12.1 Å². The van der Waals surface area contributed by atoms with Crippen LogP contribution in [0.2, 0.25) is 0 Å². The van der Waals surface area contributed by atoms with Crippen LogP contribution in [0.5, 0.6) is 11.5 Å². The second kappa shape index (κ2) is 6.51. The van der Waals surface area contributed by atoms with Crippen molar-refractivity contribution in [3.8, 4) is 23.6 Å². The highest BCUT2D eigenvalue weighted by Gasteiger charge is 2.30. The van der Waals surface area contributed by atoms with Gasteiger partial charge in [-0.1, -0.05) is 12.1 Å². The molecule has 0 heterocycles. The normalized spacial score (nSPS) is 10.8. The van der Waals surface area contributed by atoms with Crippen LogP contribution < -0.4 is 4.74 Å². The Morgan fingerprint density at radius 2 is 1.75 bits per heavy atom. The van der Waals surface area contributed by atoms with Gasteiger partial charge in [0.15, 0.2) is 11.5 Å². The predicted molar refractivity (Wildman–Crippen MR) is 78.3 cm³/mol. The average molecular weight is 332 g/mol. The minimum Gasteiger partial charge on any atom is -0.503 e. The number of phenolic OH excluding ortho intramolecular Hbond substituents is 1. The molecule has 0 aliphatic carbocycles. The third-order valence-corrected chi connectivity index (χ3v) is 3.49. The number of nitriles is 2. The lowest BCUT2D eigenvalue weighted by Crippen LogP contribution is -2.05. The van der Waals surface area contributed by atoms with Crippen molar-refractivity contribution < 1.29 is 23.0 Å². The van der Waals surface area contributed by atoms with Crippen molar-refractivity contribution in [1.82, 2.24) is 0 Å². The standard InChI is InChI=1S/C17H11F3N2O2/c1-24-15-7-11(8-21)13(14(9-22)16(15)23)6-10-2-4-12(5-3-10)17(18,19)20/h2-5,7,23H,6H2,1H3. The summed E-state index contributed by atoms with van der Waals surface area (Å²) in [5.41, 5.74) is -0.102. The fourth-order valence-electron chi connectivity index (χ4n) is 2.26. The van der Waals surface area contributed by atoms with Gasteiger partial charge in [0.05, 0.1) is 24.3 Å². The summed E-state index contributed by atoms with van der Waals surface area (Å²) in [6.45, 7) is 0. The van der Waals surface area contributed by atoms with Gasteiger partial charge >= 0.3 is 6.18 Å². The number of aromatic hydroxyl groups is 1. The van der Waals surface area contributed by atoms with Gasteiger partial charge in [0.2, 0.25) is 0 Å². The average Bonchev–Trinajstić information content (AvgIpc) is 2.55. The number of benzene rings is 2. The molecule has 2 rings (SSSR count). The molecular weight excluding hydrogens is 321 g/mol. The van der Waals surface area contributed by atoms with Gasteiger partial charge in [-0.2, -0.15) is 23.7 Å². The van der Waals surface area contributed by atoms with Gasteiger partial charge in [-0.3, -0.25) is 0 Å². The van der Waals surface area contributed by atoms with Crippen molar-refractivity contribution in [3.63, 3.8) is 0 Å². The summed E-state index contributed by atoms with van der Waals surface area (Å²) >= 11 is 0. The molecule has 0 fully saturated rings. The van der Waals surface area contributed by atoms with Crippen molar-refractivity contribution in [2.75, 3.05) is 7.11 Å². The van der Waals surface area contributed by atoms with Crippen LogP contribution in [0.1, 0.15) is 27.8 Å². The van der Waals surface area contributed by atoms with E-state index < -0.39 is 17.5 Å². The van der Waals surface area contributed by atoms with Gasteiger partial charge in [-0.05, 0) is 23.3 Å². The van der Waals surface area contributed by atoms with Gasteiger partial charge in [0.1, 0.15) is 11.6 Å². The number of halogens is 3. The van der Waals surface area contributed by atoms with Crippen LogP contribution in [0.3, 0.4) is 0 Å². The first kappa shape index (κ1) is 17.2. The molecule has 7 heteroatoms. The molecule has 0 radical (unpaired) electrons. The molecule has 0 aromatic heterocycles. The molecule has 0 aliphatic heterocycles. The molecule has 4 nitrogen and oxygen atoms in total. The molecule has 0 spiro atoms. The molecule has 0 bridgehead atoms. The van der Waals surface area contributed by atoms with Crippen LogP contribution >= 0.6 is 0 Å². The third-order valence-electron chi connectivity index (χ3n) is 3.49. The Bertz CT molecular complexity index is 845. The minimum absolute atomic E-state index is 0.0146. The van der Waals surface area contributed by atoms with E-state index in [2.05, 4.69) is 0 Å². The first-order chi connectivity index (χ1) is 11.3. The summed E-state index contributed by atoms with van der Waals surface area (Å²) in [4.78, 5) is 0. The number of hydrogen-bond acceptors (Lipinski definition) is 4. The minimum atomic E-state index is -4.44. The summed E-state index contributed by atoms with van der Waals surface area (Å²) in [6.07, 6.45) is -4.41. The molecule has 0 saturated heterocycles. The zero-order valence-corrected chi connectivity index (χ0v) is 12.5. The van der Waals surface area contributed by atoms with E-state index in [-0.39, 0.29) is 28.9 Å². The summed E-state index contributed by atoms with van der Waals surface area (Å²) < 4.78 is 42.7. The Balaban J connectivity index is 2.48. The summed E-state index contributed by atoms with van der Waals surface area (Å²) in [5, 5.41) is 28.5. The Morgan fingerprint density at radius 1 is 1.12 bits per heavy atom. The van der Waals surface area contributed by atoms with Crippen molar-refractivity contribution in [2.24, 2.45) is 0 Å². The molecular formula is C17H11F3N2O2. The third kappa shape index (κ3) is 3.26. The number of alkyl halides is 3. The van der Waals surface area contributed by atoms with Crippen molar-refractivity contribution in [1.29, 1.82) is 10.5 Å². The highest BCUT2D eigenvalue weighted by Crippen LogP contribution is 2.36. The van der Waals surface area contributed by atoms with Crippen LogP contribution in [-0.2, 0) is 12.6 Å². The maximum atomic E-state index is 12.6. The Morgan fingerprint density at radius 3 is 2.21 bits per heavy atom. The summed E-state index contributed by atoms with van der Waals surface area (Å²) in [5.74, 6) is -0.416. The lowest BCUT2D eigenvalue weighted by atomic mass is 9.94. The number of rotatable bonds is 3. The molecule has 0 atom stereocenters. The van der Waals surface area contributed by atoms with Crippen LogP contribution in [0.15, 0.2) is 30.3 Å². The molecule has 24 heavy (non-hydrogen) atoms. The Labute approximate surface area is 136 Å². The van der Waals surface area contributed by atoms with E-state index in [1.54, 1.807) is 0 Å². The van der Waals surface area contributed by atoms with Crippen molar-refractivity contribution in [3.05, 3.63) is 58.1 Å².